The second kappa shape index (κ2) is 6.23. The van der Waals surface area contributed by atoms with Crippen molar-refractivity contribution in [3.05, 3.63) is 78.4 Å². The summed E-state index contributed by atoms with van der Waals surface area (Å²) in [6.07, 6.45) is 0. The number of carbonyl (C=O) groups excluding carboxylic acids is 1. The maximum absolute atomic E-state index is 12.0. The normalized spacial score (nSPS) is 10.3. The first-order chi connectivity index (χ1) is 11.2. The van der Waals surface area contributed by atoms with Crippen LogP contribution in [0.3, 0.4) is 0 Å². The molecule has 0 fully saturated rings. The summed E-state index contributed by atoms with van der Waals surface area (Å²) in [6, 6.07) is 20.6. The molecular formula is C19H14O4. The number of benzene rings is 3. The highest BCUT2D eigenvalue weighted by atomic mass is 16.5. The van der Waals surface area contributed by atoms with Crippen LogP contribution in [-0.2, 0) is 0 Å². The largest absolute Gasteiger partial charge is 0.504 e. The highest BCUT2D eigenvalue weighted by Crippen LogP contribution is 2.42. The molecule has 0 atom stereocenters. The van der Waals surface area contributed by atoms with Crippen molar-refractivity contribution in [1.82, 2.24) is 0 Å². The molecule has 0 aliphatic carbocycles. The van der Waals surface area contributed by atoms with Gasteiger partial charge in [0.25, 0.3) is 0 Å². The molecule has 0 heterocycles. The van der Waals surface area contributed by atoms with Crippen LogP contribution in [-0.4, -0.2) is 16.2 Å². The summed E-state index contributed by atoms with van der Waals surface area (Å²) in [5.74, 6) is -1.48. The Morgan fingerprint density at radius 1 is 0.739 bits per heavy atom. The van der Waals surface area contributed by atoms with Crippen LogP contribution in [0.25, 0.3) is 11.1 Å². The van der Waals surface area contributed by atoms with Crippen molar-refractivity contribution in [1.29, 1.82) is 0 Å². The van der Waals surface area contributed by atoms with E-state index < -0.39 is 11.7 Å². The number of aromatic hydroxyl groups is 2. The highest BCUT2D eigenvalue weighted by molar-refractivity contribution is 5.91. The van der Waals surface area contributed by atoms with Crippen LogP contribution in [0.15, 0.2) is 72.8 Å². The monoisotopic (exact) mass is 306 g/mol. The molecule has 3 rings (SSSR count). The van der Waals surface area contributed by atoms with Crippen molar-refractivity contribution >= 4 is 5.97 Å². The van der Waals surface area contributed by atoms with Gasteiger partial charge in [0.15, 0.2) is 11.5 Å². The van der Waals surface area contributed by atoms with Gasteiger partial charge in [-0.25, -0.2) is 4.79 Å². The van der Waals surface area contributed by atoms with E-state index in [0.29, 0.717) is 11.1 Å². The van der Waals surface area contributed by atoms with Crippen LogP contribution in [0.1, 0.15) is 10.4 Å². The molecule has 4 heteroatoms. The van der Waals surface area contributed by atoms with Gasteiger partial charge in [-0.3, -0.25) is 0 Å². The second-order valence-electron chi connectivity index (χ2n) is 4.93. The Labute approximate surface area is 133 Å². The average Bonchev–Trinajstić information content (AvgIpc) is 2.60. The van der Waals surface area contributed by atoms with E-state index in [0.717, 1.165) is 5.56 Å². The maximum atomic E-state index is 12.0. The number of hydrogen-bond acceptors (Lipinski definition) is 4. The van der Waals surface area contributed by atoms with Gasteiger partial charge in [-0.05, 0) is 29.8 Å². The molecule has 23 heavy (non-hydrogen) atoms. The van der Waals surface area contributed by atoms with Gasteiger partial charge < -0.3 is 14.9 Å². The number of phenolic OH excluding ortho intramolecular Hbond substituents is 2. The van der Waals surface area contributed by atoms with Gasteiger partial charge in [-0.15, -0.1) is 0 Å². The van der Waals surface area contributed by atoms with Gasteiger partial charge in [0.2, 0.25) is 5.75 Å². The molecule has 0 aliphatic heterocycles. The van der Waals surface area contributed by atoms with Crippen LogP contribution in [0, 0.1) is 0 Å². The van der Waals surface area contributed by atoms with Crippen LogP contribution in [0.4, 0.5) is 0 Å². The molecule has 3 aromatic rings. The van der Waals surface area contributed by atoms with Gasteiger partial charge in [0.05, 0.1) is 5.56 Å². The number of carbonyl (C=O) groups is 1. The van der Waals surface area contributed by atoms with E-state index in [1.54, 1.807) is 36.4 Å². The third-order valence-corrected chi connectivity index (χ3v) is 3.41. The van der Waals surface area contributed by atoms with E-state index in [1.165, 1.54) is 6.07 Å². The van der Waals surface area contributed by atoms with Crippen LogP contribution < -0.4 is 4.74 Å². The van der Waals surface area contributed by atoms with E-state index >= 15 is 0 Å². The topological polar surface area (TPSA) is 66.8 Å². The summed E-state index contributed by atoms with van der Waals surface area (Å²) in [7, 11) is 0. The van der Waals surface area contributed by atoms with Crippen LogP contribution in [0.5, 0.6) is 17.2 Å². The summed E-state index contributed by atoms with van der Waals surface area (Å²) in [5.41, 5.74) is 1.57. The Balaban J connectivity index is 1.91. The van der Waals surface area contributed by atoms with Gasteiger partial charge >= 0.3 is 5.97 Å². The minimum atomic E-state index is -0.604. The number of ether oxygens (including phenoxy) is 1. The molecule has 3 aromatic carbocycles. The Kier molecular flexibility index (Phi) is 3.97. The first-order valence-electron chi connectivity index (χ1n) is 7.04. The fourth-order valence-electron chi connectivity index (χ4n) is 2.23. The van der Waals surface area contributed by atoms with Gasteiger partial charge in [0, 0.05) is 5.56 Å². The van der Waals surface area contributed by atoms with Crippen molar-refractivity contribution < 1.29 is 19.7 Å². The number of esters is 1. The predicted octanol–water partition coefficient (Wildman–Crippen LogP) is 3.98. The van der Waals surface area contributed by atoms with Gasteiger partial charge in [-0.1, -0.05) is 48.5 Å². The molecule has 0 spiro atoms. The summed E-state index contributed by atoms with van der Waals surface area (Å²) in [5, 5.41) is 20.3. The molecule has 4 nitrogen and oxygen atoms in total. The lowest BCUT2D eigenvalue weighted by Crippen LogP contribution is -2.08. The molecular weight excluding hydrogens is 292 g/mol. The number of hydrogen-bond donors (Lipinski definition) is 2. The van der Waals surface area contributed by atoms with Gasteiger partial charge in [-0.2, -0.15) is 0 Å². The number of rotatable bonds is 3. The smallest absolute Gasteiger partial charge is 0.343 e. The Morgan fingerprint density at radius 2 is 1.35 bits per heavy atom. The highest BCUT2D eigenvalue weighted by Gasteiger charge is 2.17. The van der Waals surface area contributed by atoms with E-state index in [9.17, 15) is 15.0 Å². The number of phenols is 2. The predicted molar refractivity (Wildman–Crippen MR) is 86.6 cm³/mol. The Bertz CT molecular complexity index is 827. The first kappa shape index (κ1) is 14.7. The van der Waals surface area contributed by atoms with E-state index in [1.807, 2.05) is 30.3 Å². The van der Waals surface area contributed by atoms with Crippen molar-refractivity contribution in [3.63, 3.8) is 0 Å². The summed E-state index contributed by atoms with van der Waals surface area (Å²) >= 11 is 0. The molecule has 0 bridgehead atoms. The van der Waals surface area contributed by atoms with Crippen LogP contribution in [0.2, 0.25) is 0 Å². The lowest BCUT2D eigenvalue weighted by atomic mass is 10.0. The summed E-state index contributed by atoms with van der Waals surface area (Å²) in [6.45, 7) is 0. The van der Waals surface area contributed by atoms with E-state index in [2.05, 4.69) is 0 Å². The standard InChI is InChI=1S/C19H14O4/c20-17-15(13-7-3-1-4-8-13)11-12-16(18(17)21)23-19(22)14-9-5-2-6-10-14/h1-12,20-21H. The molecule has 0 saturated carbocycles. The average molecular weight is 306 g/mol. The van der Waals surface area contributed by atoms with Crippen molar-refractivity contribution in [3.8, 4) is 28.4 Å². The van der Waals surface area contributed by atoms with Gasteiger partial charge in [0.1, 0.15) is 0 Å². The first-order valence-corrected chi connectivity index (χ1v) is 7.04. The third-order valence-electron chi connectivity index (χ3n) is 3.41. The third kappa shape index (κ3) is 3.01. The zero-order valence-corrected chi connectivity index (χ0v) is 12.1. The molecule has 0 saturated heterocycles. The summed E-state index contributed by atoms with van der Waals surface area (Å²) < 4.78 is 5.15. The molecule has 0 aromatic heterocycles. The van der Waals surface area contributed by atoms with E-state index in [4.69, 9.17) is 4.74 Å². The Morgan fingerprint density at radius 3 is 2.00 bits per heavy atom. The maximum Gasteiger partial charge on any atom is 0.343 e. The fourth-order valence-corrected chi connectivity index (χ4v) is 2.23. The Hall–Kier alpha value is -3.27. The zero-order chi connectivity index (χ0) is 16.2. The fraction of sp³-hybridized carbons (Fsp3) is 0. The molecule has 114 valence electrons. The zero-order valence-electron chi connectivity index (χ0n) is 12.1. The minimum absolute atomic E-state index is 0.0870. The molecule has 0 aliphatic rings. The quantitative estimate of drug-likeness (QED) is 0.436. The second-order valence-corrected chi connectivity index (χ2v) is 4.93. The van der Waals surface area contributed by atoms with Crippen LogP contribution >= 0.6 is 0 Å². The molecule has 2 N–H and O–H groups in total. The summed E-state index contributed by atoms with van der Waals surface area (Å²) in [4.78, 5) is 12.0. The molecule has 0 radical (unpaired) electrons. The lowest BCUT2D eigenvalue weighted by molar-refractivity contribution is 0.0729. The SMILES string of the molecule is O=C(Oc1ccc(-c2ccccc2)c(O)c1O)c1ccccc1. The minimum Gasteiger partial charge on any atom is -0.504 e. The van der Waals surface area contributed by atoms with Crippen molar-refractivity contribution in [2.45, 2.75) is 0 Å². The van der Waals surface area contributed by atoms with Crippen molar-refractivity contribution in [2.24, 2.45) is 0 Å². The molecule has 0 amide bonds. The molecule has 0 unspecified atom stereocenters. The van der Waals surface area contributed by atoms with E-state index in [-0.39, 0.29) is 11.5 Å². The lowest BCUT2D eigenvalue weighted by Gasteiger charge is -2.11. The van der Waals surface area contributed by atoms with Crippen molar-refractivity contribution in [2.75, 3.05) is 0 Å².